The van der Waals surface area contributed by atoms with Gasteiger partial charge in [-0.3, -0.25) is 4.79 Å². The van der Waals surface area contributed by atoms with Crippen molar-refractivity contribution in [3.8, 4) is 10.6 Å². The number of thiazole rings is 1. The molecule has 3 aromatic heterocycles. The molecule has 0 aliphatic carbocycles. The van der Waals surface area contributed by atoms with E-state index in [4.69, 9.17) is 8.83 Å². The molecule has 0 aliphatic heterocycles. The van der Waals surface area contributed by atoms with E-state index in [1.54, 1.807) is 47.1 Å². The van der Waals surface area contributed by atoms with E-state index in [2.05, 4.69) is 4.98 Å². The summed E-state index contributed by atoms with van der Waals surface area (Å²) in [7, 11) is 0. The molecule has 0 saturated carbocycles. The minimum absolute atomic E-state index is 0.229. The van der Waals surface area contributed by atoms with Crippen molar-refractivity contribution >= 4 is 17.2 Å². The highest BCUT2D eigenvalue weighted by atomic mass is 32.1. The lowest BCUT2D eigenvalue weighted by atomic mass is 10.2. The van der Waals surface area contributed by atoms with Gasteiger partial charge in [-0.2, -0.15) is 0 Å². The Morgan fingerprint density at radius 3 is 2.19 bits per heavy atom. The number of aromatic nitrogens is 1. The molecule has 1 aromatic carbocycles. The van der Waals surface area contributed by atoms with Crippen LogP contribution in [-0.2, 0) is 13.1 Å². The molecule has 0 aliphatic rings. The Bertz CT molecular complexity index is 972. The predicted molar refractivity (Wildman–Crippen MR) is 98.5 cm³/mol. The highest BCUT2D eigenvalue weighted by Gasteiger charge is 2.21. The molecule has 7 heteroatoms. The van der Waals surface area contributed by atoms with Crippen molar-refractivity contribution in [3.63, 3.8) is 0 Å². The maximum atomic E-state index is 13.1. The van der Waals surface area contributed by atoms with Gasteiger partial charge in [-0.25, -0.2) is 9.37 Å². The van der Waals surface area contributed by atoms with Crippen LogP contribution in [0.1, 0.15) is 22.0 Å². The van der Waals surface area contributed by atoms with E-state index in [0.29, 0.717) is 35.3 Å². The molecule has 0 atom stereocenters. The smallest absolute Gasteiger partial charge is 0.274 e. The lowest BCUT2D eigenvalue weighted by Crippen LogP contribution is -2.30. The average molecular weight is 382 g/mol. The fraction of sp³-hybridized carbons (Fsp3) is 0.100. The molecule has 0 radical (unpaired) electrons. The Morgan fingerprint density at radius 2 is 1.63 bits per heavy atom. The topological polar surface area (TPSA) is 59.5 Å². The third-order valence-electron chi connectivity index (χ3n) is 3.96. The summed E-state index contributed by atoms with van der Waals surface area (Å²) in [6, 6.07) is 13.2. The van der Waals surface area contributed by atoms with Gasteiger partial charge >= 0.3 is 0 Å². The fourth-order valence-corrected chi connectivity index (χ4v) is 3.44. The number of halogens is 1. The van der Waals surface area contributed by atoms with E-state index < -0.39 is 0 Å². The Labute approximate surface area is 158 Å². The maximum Gasteiger partial charge on any atom is 0.274 e. The highest BCUT2D eigenvalue weighted by molar-refractivity contribution is 7.13. The van der Waals surface area contributed by atoms with Crippen LogP contribution in [0.3, 0.4) is 0 Å². The molecule has 4 rings (SSSR count). The van der Waals surface area contributed by atoms with Crippen molar-refractivity contribution in [2.75, 3.05) is 0 Å². The summed E-state index contributed by atoms with van der Waals surface area (Å²) in [5.74, 6) is 0.801. The SMILES string of the molecule is O=C(c1csc(-c2ccc(F)cc2)n1)N(Cc1ccco1)Cc1ccco1. The number of benzene rings is 1. The fourth-order valence-electron chi connectivity index (χ4n) is 2.64. The van der Waals surface area contributed by atoms with Crippen LogP contribution in [-0.4, -0.2) is 15.8 Å². The normalized spacial score (nSPS) is 10.9. The summed E-state index contributed by atoms with van der Waals surface area (Å²) in [6.07, 6.45) is 3.14. The Kier molecular flexibility index (Phi) is 4.84. The number of nitrogens with zero attached hydrogens (tertiary/aromatic N) is 2. The highest BCUT2D eigenvalue weighted by Crippen LogP contribution is 2.25. The van der Waals surface area contributed by atoms with E-state index in [1.165, 1.54) is 23.5 Å². The first-order chi connectivity index (χ1) is 13.2. The van der Waals surface area contributed by atoms with Crippen molar-refractivity contribution in [2.24, 2.45) is 0 Å². The molecule has 4 aromatic rings. The summed E-state index contributed by atoms with van der Waals surface area (Å²) in [4.78, 5) is 19.1. The molecule has 0 N–H and O–H groups in total. The van der Waals surface area contributed by atoms with Crippen molar-refractivity contribution in [1.29, 1.82) is 0 Å². The van der Waals surface area contributed by atoms with E-state index in [9.17, 15) is 9.18 Å². The lowest BCUT2D eigenvalue weighted by Gasteiger charge is -2.19. The minimum atomic E-state index is -0.310. The third-order valence-corrected chi connectivity index (χ3v) is 4.85. The molecule has 0 unspecified atom stereocenters. The molecule has 3 heterocycles. The Hall–Kier alpha value is -3.19. The van der Waals surface area contributed by atoms with Gasteiger partial charge in [0, 0.05) is 10.9 Å². The van der Waals surface area contributed by atoms with Gasteiger partial charge in [0.1, 0.15) is 28.0 Å². The molecule has 136 valence electrons. The molecule has 0 bridgehead atoms. The number of furan rings is 2. The first-order valence-corrected chi connectivity index (χ1v) is 9.12. The van der Waals surface area contributed by atoms with Crippen molar-refractivity contribution in [1.82, 2.24) is 9.88 Å². The summed E-state index contributed by atoms with van der Waals surface area (Å²) in [6.45, 7) is 0.603. The zero-order valence-electron chi connectivity index (χ0n) is 14.2. The zero-order valence-corrected chi connectivity index (χ0v) is 15.0. The van der Waals surface area contributed by atoms with Crippen LogP contribution in [0.2, 0.25) is 0 Å². The second kappa shape index (κ2) is 7.59. The van der Waals surface area contributed by atoms with Crippen LogP contribution in [0.5, 0.6) is 0 Å². The maximum absolute atomic E-state index is 13.1. The first kappa shape index (κ1) is 17.2. The van der Waals surface area contributed by atoms with E-state index in [1.807, 2.05) is 12.1 Å². The van der Waals surface area contributed by atoms with Gasteiger partial charge in [-0.15, -0.1) is 11.3 Å². The summed E-state index contributed by atoms with van der Waals surface area (Å²) in [5.41, 5.74) is 1.10. The average Bonchev–Trinajstić information content (AvgIpc) is 3.44. The monoisotopic (exact) mass is 382 g/mol. The van der Waals surface area contributed by atoms with Gasteiger partial charge in [0.2, 0.25) is 0 Å². The molecule has 1 amide bonds. The van der Waals surface area contributed by atoms with Gasteiger partial charge < -0.3 is 13.7 Å². The van der Waals surface area contributed by atoms with Crippen LogP contribution < -0.4 is 0 Å². The number of rotatable bonds is 6. The van der Waals surface area contributed by atoms with Crippen LogP contribution in [0.4, 0.5) is 4.39 Å². The van der Waals surface area contributed by atoms with Gasteiger partial charge in [0.15, 0.2) is 0 Å². The number of amides is 1. The number of hydrogen-bond acceptors (Lipinski definition) is 5. The van der Waals surface area contributed by atoms with Crippen molar-refractivity contribution < 1.29 is 18.0 Å². The second-order valence-corrected chi connectivity index (χ2v) is 6.72. The van der Waals surface area contributed by atoms with Gasteiger partial charge in [-0.1, -0.05) is 0 Å². The molecule has 27 heavy (non-hydrogen) atoms. The standard InChI is InChI=1S/C20H15FN2O3S/c21-15-7-5-14(6-8-15)19-22-18(13-27-19)20(24)23(11-16-3-1-9-25-16)12-17-4-2-10-26-17/h1-10,13H,11-12H2. The second-order valence-electron chi connectivity index (χ2n) is 5.86. The largest absolute Gasteiger partial charge is 0.467 e. The molecular weight excluding hydrogens is 367 g/mol. The van der Waals surface area contributed by atoms with Gasteiger partial charge in [0.05, 0.1) is 25.6 Å². The van der Waals surface area contributed by atoms with E-state index in [-0.39, 0.29) is 11.7 Å². The van der Waals surface area contributed by atoms with E-state index >= 15 is 0 Å². The number of carbonyl (C=O) groups is 1. The molecule has 5 nitrogen and oxygen atoms in total. The number of hydrogen-bond donors (Lipinski definition) is 0. The van der Waals surface area contributed by atoms with Crippen molar-refractivity contribution in [2.45, 2.75) is 13.1 Å². The minimum Gasteiger partial charge on any atom is -0.467 e. The lowest BCUT2D eigenvalue weighted by molar-refractivity contribution is 0.0700. The van der Waals surface area contributed by atoms with Crippen molar-refractivity contribution in [3.05, 3.63) is 89.5 Å². The van der Waals surface area contributed by atoms with Gasteiger partial charge in [0.25, 0.3) is 5.91 Å². The molecule has 0 fully saturated rings. The van der Waals surface area contributed by atoms with Crippen LogP contribution in [0, 0.1) is 5.82 Å². The molecule has 0 saturated heterocycles. The predicted octanol–water partition coefficient (Wildman–Crippen LogP) is 4.98. The Balaban J connectivity index is 1.58. The zero-order chi connectivity index (χ0) is 18.6. The quantitative estimate of drug-likeness (QED) is 0.472. The van der Waals surface area contributed by atoms with Crippen LogP contribution >= 0.6 is 11.3 Å². The summed E-state index contributed by atoms with van der Waals surface area (Å²) >= 11 is 1.34. The first-order valence-electron chi connectivity index (χ1n) is 8.24. The summed E-state index contributed by atoms with van der Waals surface area (Å²) in [5, 5.41) is 2.37. The van der Waals surface area contributed by atoms with Crippen LogP contribution in [0.15, 0.2) is 75.3 Å². The van der Waals surface area contributed by atoms with Crippen LogP contribution in [0.25, 0.3) is 10.6 Å². The van der Waals surface area contributed by atoms with E-state index in [0.717, 1.165) is 5.56 Å². The van der Waals surface area contributed by atoms with Gasteiger partial charge in [-0.05, 0) is 48.5 Å². The third kappa shape index (κ3) is 3.98. The Morgan fingerprint density at radius 1 is 1.00 bits per heavy atom. The summed E-state index contributed by atoms with van der Waals surface area (Å²) < 4.78 is 23.9. The molecular formula is C20H15FN2O3S. The number of carbonyl (C=O) groups excluding carboxylic acids is 1. The molecule has 0 spiro atoms.